The zero-order valence-electron chi connectivity index (χ0n) is 14.1. The van der Waals surface area contributed by atoms with Crippen molar-refractivity contribution in [3.8, 4) is 0 Å². The summed E-state index contributed by atoms with van der Waals surface area (Å²) in [6.07, 6.45) is 0.255. The molecule has 2 rings (SSSR count). The first kappa shape index (κ1) is 17.8. The Morgan fingerprint density at radius 3 is 2.46 bits per heavy atom. The molecule has 1 heterocycles. The van der Waals surface area contributed by atoms with Gasteiger partial charge in [-0.15, -0.1) is 0 Å². The van der Waals surface area contributed by atoms with E-state index in [9.17, 15) is 14.0 Å². The molecule has 0 aliphatic rings. The van der Waals surface area contributed by atoms with E-state index in [1.807, 2.05) is 0 Å². The molecule has 1 aromatic heterocycles. The average molecular weight is 333 g/mol. The van der Waals surface area contributed by atoms with E-state index in [4.69, 9.17) is 5.11 Å². The minimum atomic E-state index is -0.954. The van der Waals surface area contributed by atoms with Crippen LogP contribution in [0.15, 0.2) is 12.1 Å². The van der Waals surface area contributed by atoms with Crippen LogP contribution in [0.5, 0.6) is 0 Å². The normalized spacial score (nSPS) is 11.5. The smallest absolute Gasteiger partial charge is 0.309 e. The van der Waals surface area contributed by atoms with Gasteiger partial charge < -0.3 is 10.4 Å². The summed E-state index contributed by atoms with van der Waals surface area (Å²) in [5.74, 6) is -2.01. The standard InChI is InChI=1S/C17H20FN3O3/c1-9-10(2)21-14-12(7-11(18)8-13(14)20-9)15(22)19-6-5-17(3,4)16(23)24/h7-8H,5-6H2,1-4H3,(H,19,22)(H,23,24). The van der Waals surface area contributed by atoms with Crippen molar-refractivity contribution in [2.24, 2.45) is 5.41 Å². The summed E-state index contributed by atoms with van der Waals surface area (Å²) in [6.45, 7) is 6.85. The summed E-state index contributed by atoms with van der Waals surface area (Å²) in [5.41, 5.74) is 1.11. The van der Waals surface area contributed by atoms with E-state index in [-0.39, 0.29) is 18.5 Å². The number of aliphatic carboxylic acids is 1. The third-order valence-corrected chi connectivity index (χ3v) is 4.00. The molecule has 0 unspecified atom stereocenters. The maximum absolute atomic E-state index is 13.8. The molecule has 0 bridgehead atoms. The Kier molecular flexibility index (Phi) is 4.82. The van der Waals surface area contributed by atoms with Gasteiger partial charge in [0.05, 0.1) is 27.9 Å². The van der Waals surface area contributed by atoms with Gasteiger partial charge >= 0.3 is 5.97 Å². The number of hydrogen-bond acceptors (Lipinski definition) is 4. The van der Waals surface area contributed by atoms with Gasteiger partial charge in [0.25, 0.3) is 5.91 Å². The largest absolute Gasteiger partial charge is 0.481 e. The Hall–Kier alpha value is -2.57. The van der Waals surface area contributed by atoms with Crippen molar-refractivity contribution in [1.29, 1.82) is 0 Å². The highest BCUT2D eigenvalue weighted by molar-refractivity contribution is 6.04. The maximum Gasteiger partial charge on any atom is 0.309 e. The van der Waals surface area contributed by atoms with Crippen molar-refractivity contribution in [3.05, 3.63) is 34.9 Å². The van der Waals surface area contributed by atoms with Gasteiger partial charge in [0, 0.05) is 12.6 Å². The van der Waals surface area contributed by atoms with Crippen LogP contribution in [-0.4, -0.2) is 33.5 Å². The second-order valence-corrected chi connectivity index (χ2v) is 6.41. The van der Waals surface area contributed by atoms with Crippen molar-refractivity contribution in [2.75, 3.05) is 6.54 Å². The van der Waals surface area contributed by atoms with Crippen LogP contribution in [0.1, 0.15) is 42.0 Å². The predicted octanol–water partition coefficient (Wildman–Crippen LogP) is 2.62. The molecule has 7 heteroatoms. The number of carboxylic acids is 1. The summed E-state index contributed by atoms with van der Waals surface area (Å²) in [4.78, 5) is 32.0. The van der Waals surface area contributed by atoms with E-state index in [1.54, 1.807) is 27.7 Å². The van der Waals surface area contributed by atoms with Crippen LogP contribution in [0.4, 0.5) is 4.39 Å². The molecule has 0 fully saturated rings. The number of carbonyl (C=O) groups excluding carboxylic acids is 1. The molecular weight excluding hydrogens is 313 g/mol. The number of fused-ring (bicyclic) bond motifs is 1. The molecule has 2 N–H and O–H groups in total. The Bertz CT molecular complexity index is 818. The van der Waals surface area contributed by atoms with Crippen molar-refractivity contribution in [2.45, 2.75) is 34.1 Å². The molecule has 0 aliphatic carbocycles. The number of benzene rings is 1. The molecule has 0 spiro atoms. The predicted molar refractivity (Wildman–Crippen MR) is 87.3 cm³/mol. The highest BCUT2D eigenvalue weighted by atomic mass is 19.1. The van der Waals surface area contributed by atoms with E-state index in [2.05, 4.69) is 15.3 Å². The lowest BCUT2D eigenvalue weighted by molar-refractivity contribution is -0.147. The van der Waals surface area contributed by atoms with Crippen molar-refractivity contribution in [3.63, 3.8) is 0 Å². The third-order valence-electron chi connectivity index (χ3n) is 4.00. The van der Waals surface area contributed by atoms with Crippen LogP contribution >= 0.6 is 0 Å². The fraction of sp³-hybridized carbons (Fsp3) is 0.412. The number of hydrogen-bond donors (Lipinski definition) is 2. The number of halogens is 1. The van der Waals surface area contributed by atoms with Gasteiger partial charge in [-0.05, 0) is 40.2 Å². The first-order chi connectivity index (χ1) is 11.1. The van der Waals surface area contributed by atoms with Gasteiger partial charge in [0.1, 0.15) is 11.3 Å². The van der Waals surface area contributed by atoms with Crippen molar-refractivity contribution < 1.29 is 19.1 Å². The van der Waals surface area contributed by atoms with Gasteiger partial charge in [0.2, 0.25) is 0 Å². The minimum absolute atomic E-state index is 0.0914. The summed E-state index contributed by atoms with van der Waals surface area (Å²) in [5, 5.41) is 11.7. The molecule has 1 aromatic carbocycles. The molecule has 2 aromatic rings. The van der Waals surface area contributed by atoms with Crippen LogP contribution in [0, 0.1) is 25.1 Å². The average Bonchev–Trinajstić information content (AvgIpc) is 2.47. The number of rotatable bonds is 5. The fourth-order valence-corrected chi connectivity index (χ4v) is 2.16. The molecule has 0 atom stereocenters. The number of aromatic nitrogens is 2. The van der Waals surface area contributed by atoms with Crippen molar-refractivity contribution in [1.82, 2.24) is 15.3 Å². The Morgan fingerprint density at radius 2 is 1.83 bits per heavy atom. The van der Waals surface area contributed by atoms with Crippen LogP contribution in [0.3, 0.4) is 0 Å². The quantitative estimate of drug-likeness (QED) is 0.877. The van der Waals surface area contributed by atoms with E-state index < -0.39 is 23.1 Å². The lowest BCUT2D eigenvalue weighted by Crippen LogP contribution is -2.32. The number of amides is 1. The second-order valence-electron chi connectivity index (χ2n) is 6.41. The van der Waals surface area contributed by atoms with E-state index in [0.717, 1.165) is 6.07 Å². The lowest BCUT2D eigenvalue weighted by Gasteiger charge is -2.19. The number of aryl methyl sites for hydroxylation is 2. The van der Waals surface area contributed by atoms with E-state index in [1.165, 1.54) is 6.07 Å². The molecule has 0 aliphatic heterocycles. The highest BCUT2D eigenvalue weighted by Crippen LogP contribution is 2.21. The van der Waals surface area contributed by atoms with Crippen LogP contribution in [0.2, 0.25) is 0 Å². The first-order valence-corrected chi connectivity index (χ1v) is 7.58. The van der Waals surface area contributed by atoms with Gasteiger partial charge in [0.15, 0.2) is 0 Å². The van der Waals surface area contributed by atoms with Crippen LogP contribution in [0.25, 0.3) is 11.0 Å². The number of carbonyl (C=O) groups is 2. The molecule has 0 saturated heterocycles. The van der Waals surface area contributed by atoms with E-state index in [0.29, 0.717) is 22.4 Å². The molecule has 1 amide bonds. The van der Waals surface area contributed by atoms with Crippen molar-refractivity contribution >= 4 is 22.9 Å². The lowest BCUT2D eigenvalue weighted by atomic mass is 9.89. The Labute approximate surface area is 139 Å². The maximum atomic E-state index is 13.8. The Morgan fingerprint density at radius 1 is 1.21 bits per heavy atom. The zero-order valence-corrected chi connectivity index (χ0v) is 14.1. The first-order valence-electron chi connectivity index (χ1n) is 7.58. The third kappa shape index (κ3) is 3.67. The van der Waals surface area contributed by atoms with Crippen LogP contribution in [-0.2, 0) is 4.79 Å². The number of nitrogens with zero attached hydrogens (tertiary/aromatic N) is 2. The monoisotopic (exact) mass is 333 g/mol. The topological polar surface area (TPSA) is 92.2 Å². The molecule has 128 valence electrons. The molecule has 24 heavy (non-hydrogen) atoms. The van der Waals surface area contributed by atoms with Crippen LogP contribution < -0.4 is 5.32 Å². The molecular formula is C17H20FN3O3. The summed E-state index contributed by atoms with van der Waals surface area (Å²) < 4.78 is 13.8. The molecule has 0 radical (unpaired) electrons. The fourth-order valence-electron chi connectivity index (χ4n) is 2.16. The number of nitrogens with one attached hydrogen (secondary N) is 1. The molecule has 0 saturated carbocycles. The van der Waals surface area contributed by atoms with E-state index >= 15 is 0 Å². The summed E-state index contributed by atoms with van der Waals surface area (Å²) in [7, 11) is 0. The summed E-state index contributed by atoms with van der Waals surface area (Å²) in [6, 6.07) is 2.35. The van der Waals surface area contributed by atoms with Gasteiger partial charge in [-0.1, -0.05) is 0 Å². The van der Waals surface area contributed by atoms with Gasteiger partial charge in [-0.2, -0.15) is 0 Å². The second kappa shape index (κ2) is 6.51. The molecule has 6 nitrogen and oxygen atoms in total. The summed E-state index contributed by atoms with van der Waals surface area (Å²) >= 11 is 0. The zero-order chi connectivity index (χ0) is 18.1. The van der Waals surface area contributed by atoms with Gasteiger partial charge in [-0.3, -0.25) is 9.59 Å². The van der Waals surface area contributed by atoms with Gasteiger partial charge in [-0.25, -0.2) is 14.4 Å². The Balaban J connectivity index is 2.26. The number of carboxylic acid groups (broad SMARTS) is 1. The SMILES string of the molecule is Cc1nc2cc(F)cc(C(=O)NCCC(C)(C)C(=O)O)c2nc1C. The highest BCUT2D eigenvalue weighted by Gasteiger charge is 2.26. The minimum Gasteiger partial charge on any atom is -0.481 e.